The molecule has 2 heteroatoms. The van der Waals surface area contributed by atoms with Gasteiger partial charge < -0.3 is 5.32 Å². The van der Waals surface area contributed by atoms with Crippen molar-refractivity contribution in [1.82, 2.24) is 5.32 Å². The van der Waals surface area contributed by atoms with Gasteiger partial charge in [-0.05, 0) is 43.5 Å². The first-order chi connectivity index (χ1) is 9.60. The van der Waals surface area contributed by atoms with Crippen LogP contribution in [0.1, 0.15) is 49.0 Å². The summed E-state index contributed by atoms with van der Waals surface area (Å²) in [7, 11) is 0. The maximum Gasteiger partial charge on any atom is 0.0323 e. The van der Waals surface area contributed by atoms with Crippen molar-refractivity contribution < 1.29 is 0 Å². The summed E-state index contributed by atoms with van der Waals surface area (Å²) in [4.78, 5) is 0. The fourth-order valence-corrected chi connectivity index (χ4v) is 2.66. The zero-order valence-electron chi connectivity index (χ0n) is 12.4. The highest BCUT2D eigenvalue weighted by Gasteiger charge is 2.13. The van der Waals surface area contributed by atoms with E-state index in [4.69, 9.17) is 0 Å². The van der Waals surface area contributed by atoms with Crippen LogP contribution in [-0.2, 0) is 0 Å². The molecule has 0 aliphatic heterocycles. The second-order valence-corrected chi connectivity index (χ2v) is 6.23. The van der Waals surface area contributed by atoms with E-state index in [0.717, 1.165) is 10.9 Å². The van der Waals surface area contributed by atoms with Crippen LogP contribution in [0.4, 0.5) is 0 Å². The number of benzene rings is 2. The first kappa shape index (κ1) is 15.3. The Morgan fingerprint density at radius 1 is 0.950 bits per heavy atom. The fourth-order valence-electron chi connectivity index (χ4n) is 2.40. The number of rotatable bonds is 5. The quantitative estimate of drug-likeness (QED) is 0.756. The lowest BCUT2D eigenvalue weighted by molar-refractivity contribution is 0.456. The normalized spacial score (nSPS) is 14.0. The van der Waals surface area contributed by atoms with Crippen molar-refractivity contribution in [3.8, 4) is 0 Å². The third-order valence-corrected chi connectivity index (χ3v) is 4.24. The van der Waals surface area contributed by atoms with Gasteiger partial charge >= 0.3 is 0 Å². The molecular formula is C18H22BrN. The Labute approximate surface area is 130 Å². The highest BCUT2D eigenvalue weighted by molar-refractivity contribution is 9.10. The molecule has 0 aliphatic carbocycles. The average molecular weight is 332 g/mol. The Hall–Kier alpha value is -1.12. The van der Waals surface area contributed by atoms with Crippen molar-refractivity contribution in [2.24, 2.45) is 0 Å². The zero-order chi connectivity index (χ0) is 14.5. The van der Waals surface area contributed by atoms with Gasteiger partial charge in [0.2, 0.25) is 0 Å². The lowest BCUT2D eigenvalue weighted by Crippen LogP contribution is -2.24. The van der Waals surface area contributed by atoms with Crippen LogP contribution in [0.15, 0.2) is 53.0 Å². The second kappa shape index (κ2) is 7.05. The molecule has 0 aromatic heterocycles. The summed E-state index contributed by atoms with van der Waals surface area (Å²) >= 11 is 3.48. The van der Waals surface area contributed by atoms with Gasteiger partial charge in [-0.2, -0.15) is 0 Å². The third kappa shape index (κ3) is 3.94. The first-order valence-electron chi connectivity index (χ1n) is 7.18. The van der Waals surface area contributed by atoms with Gasteiger partial charge in [0.25, 0.3) is 0 Å². The third-order valence-electron chi connectivity index (χ3n) is 3.71. The van der Waals surface area contributed by atoms with Gasteiger partial charge in [-0.3, -0.25) is 0 Å². The predicted octanol–water partition coefficient (Wildman–Crippen LogP) is 5.56. The largest absolute Gasteiger partial charge is 0.303 e. The molecule has 0 amide bonds. The molecule has 0 fully saturated rings. The molecule has 106 valence electrons. The van der Waals surface area contributed by atoms with Crippen molar-refractivity contribution in [1.29, 1.82) is 0 Å². The minimum absolute atomic E-state index is 0.342. The topological polar surface area (TPSA) is 12.0 Å². The van der Waals surface area contributed by atoms with Crippen molar-refractivity contribution >= 4 is 15.9 Å². The Balaban J connectivity index is 2.09. The molecule has 2 aromatic rings. The maximum atomic E-state index is 3.72. The summed E-state index contributed by atoms with van der Waals surface area (Å²) in [5.74, 6) is 0. The van der Waals surface area contributed by atoms with Crippen molar-refractivity contribution in [3.63, 3.8) is 0 Å². The average Bonchev–Trinajstić information content (AvgIpc) is 2.46. The van der Waals surface area contributed by atoms with Gasteiger partial charge in [0.05, 0.1) is 0 Å². The summed E-state index contributed by atoms with van der Waals surface area (Å²) in [6, 6.07) is 18.1. The molecule has 0 heterocycles. The second-order valence-electron chi connectivity index (χ2n) is 5.31. The lowest BCUT2D eigenvalue weighted by Gasteiger charge is -2.23. The molecule has 0 saturated heterocycles. The highest BCUT2D eigenvalue weighted by Crippen LogP contribution is 2.23. The maximum absolute atomic E-state index is 3.72. The van der Waals surface area contributed by atoms with E-state index in [1.807, 2.05) is 0 Å². The summed E-state index contributed by atoms with van der Waals surface area (Å²) in [5, 5.41) is 3.72. The highest BCUT2D eigenvalue weighted by atomic mass is 79.9. The molecule has 2 atom stereocenters. The summed E-state index contributed by atoms with van der Waals surface area (Å²) in [6.45, 7) is 6.58. The summed E-state index contributed by atoms with van der Waals surface area (Å²) in [5.41, 5.74) is 3.99. The molecule has 2 rings (SSSR count). The molecule has 0 saturated carbocycles. The number of hydrogen-bond donors (Lipinski definition) is 1. The SMILES string of the molecule is CCC(N[C@@H](C)c1ccc(Br)cc1)c1ccc(C)cc1. The zero-order valence-corrected chi connectivity index (χ0v) is 13.9. The van der Waals surface area contributed by atoms with E-state index < -0.39 is 0 Å². The van der Waals surface area contributed by atoms with E-state index >= 15 is 0 Å². The van der Waals surface area contributed by atoms with Crippen LogP contribution in [0.25, 0.3) is 0 Å². The summed E-state index contributed by atoms with van der Waals surface area (Å²) in [6.07, 6.45) is 1.09. The van der Waals surface area contributed by atoms with Crippen LogP contribution in [0, 0.1) is 6.92 Å². The Morgan fingerprint density at radius 3 is 2.05 bits per heavy atom. The van der Waals surface area contributed by atoms with Gasteiger partial charge in [-0.15, -0.1) is 0 Å². The van der Waals surface area contributed by atoms with Gasteiger partial charge in [0.1, 0.15) is 0 Å². The van der Waals surface area contributed by atoms with E-state index in [-0.39, 0.29) is 0 Å². The van der Waals surface area contributed by atoms with Gasteiger partial charge in [-0.25, -0.2) is 0 Å². The lowest BCUT2D eigenvalue weighted by atomic mass is 10.0. The van der Waals surface area contributed by atoms with Crippen molar-refractivity contribution in [2.45, 2.75) is 39.3 Å². The van der Waals surface area contributed by atoms with Crippen LogP contribution < -0.4 is 5.32 Å². The Bertz CT molecular complexity index is 530. The van der Waals surface area contributed by atoms with Gasteiger partial charge in [0, 0.05) is 16.6 Å². The van der Waals surface area contributed by atoms with Crippen LogP contribution in [0.5, 0.6) is 0 Å². The predicted molar refractivity (Wildman–Crippen MR) is 89.9 cm³/mol. The fraction of sp³-hybridized carbons (Fsp3) is 0.333. The molecule has 2 aromatic carbocycles. The molecule has 1 unspecified atom stereocenters. The Kier molecular flexibility index (Phi) is 5.38. The van der Waals surface area contributed by atoms with Crippen LogP contribution in [-0.4, -0.2) is 0 Å². The standard InChI is InChI=1S/C18H22BrN/c1-4-18(16-7-5-13(2)6-8-16)20-14(3)15-9-11-17(19)12-10-15/h5-12,14,18,20H,4H2,1-3H3/t14-,18?/m0/s1. The molecule has 0 radical (unpaired) electrons. The number of halogens is 1. The van der Waals surface area contributed by atoms with Crippen LogP contribution in [0.2, 0.25) is 0 Å². The molecule has 0 aliphatic rings. The molecular weight excluding hydrogens is 310 g/mol. The van der Waals surface area contributed by atoms with E-state index in [9.17, 15) is 0 Å². The van der Waals surface area contributed by atoms with E-state index in [1.54, 1.807) is 0 Å². The molecule has 1 nitrogen and oxygen atoms in total. The number of hydrogen-bond acceptors (Lipinski definition) is 1. The molecule has 20 heavy (non-hydrogen) atoms. The van der Waals surface area contributed by atoms with E-state index in [2.05, 4.69) is 90.5 Å². The van der Waals surface area contributed by atoms with E-state index in [0.29, 0.717) is 12.1 Å². The smallest absolute Gasteiger partial charge is 0.0323 e. The number of aryl methyl sites for hydroxylation is 1. The first-order valence-corrected chi connectivity index (χ1v) is 7.97. The minimum atomic E-state index is 0.342. The summed E-state index contributed by atoms with van der Waals surface area (Å²) < 4.78 is 1.12. The van der Waals surface area contributed by atoms with E-state index in [1.165, 1.54) is 16.7 Å². The minimum Gasteiger partial charge on any atom is -0.303 e. The molecule has 0 spiro atoms. The molecule has 0 bridgehead atoms. The van der Waals surface area contributed by atoms with Crippen LogP contribution >= 0.6 is 15.9 Å². The number of nitrogens with one attached hydrogen (secondary N) is 1. The van der Waals surface area contributed by atoms with Gasteiger partial charge in [-0.1, -0.05) is 64.8 Å². The van der Waals surface area contributed by atoms with Gasteiger partial charge in [0.15, 0.2) is 0 Å². The molecule has 1 N–H and O–H groups in total. The monoisotopic (exact) mass is 331 g/mol. The van der Waals surface area contributed by atoms with Crippen molar-refractivity contribution in [3.05, 3.63) is 69.7 Å². The van der Waals surface area contributed by atoms with Crippen LogP contribution in [0.3, 0.4) is 0 Å². The van der Waals surface area contributed by atoms with Crippen molar-refractivity contribution in [2.75, 3.05) is 0 Å². The Morgan fingerprint density at radius 2 is 1.50 bits per heavy atom.